The first kappa shape index (κ1) is 13.7. The van der Waals surface area contributed by atoms with E-state index in [4.69, 9.17) is 21.8 Å². The van der Waals surface area contributed by atoms with Gasteiger partial charge in [-0.2, -0.15) is 0 Å². The molecule has 0 aromatic heterocycles. The highest BCUT2D eigenvalue weighted by molar-refractivity contribution is 7.89. The van der Waals surface area contributed by atoms with E-state index >= 15 is 0 Å². The van der Waals surface area contributed by atoms with Gasteiger partial charge in [-0.3, -0.25) is 4.79 Å². The Morgan fingerprint density at radius 2 is 2.12 bits per heavy atom. The number of carbonyl (C=O) groups is 1. The van der Waals surface area contributed by atoms with Crippen LogP contribution in [0.1, 0.15) is 12.0 Å². The average Bonchev–Trinajstić information content (AvgIpc) is 2.14. The summed E-state index contributed by atoms with van der Waals surface area (Å²) in [5.74, 6) is -0.950. The Kier molecular flexibility index (Phi) is 4.28. The number of hydrogen-bond donors (Lipinski definition) is 2. The van der Waals surface area contributed by atoms with Crippen LogP contribution < -0.4 is 5.14 Å². The second kappa shape index (κ2) is 5.31. The van der Waals surface area contributed by atoms with Crippen molar-refractivity contribution in [3.8, 4) is 0 Å². The van der Waals surface area contributed by atoms with Crippen molar-refractivity contribution in [2.24, 2.45) is 5.14 Å². The predicted molar refractivity (Wildman–Crippen MR) is 64.1 cm³/mol. The molecule has 92 valence electrons. The lowest BCUT2D eigenvalue weighted by Gasteiger charge is -2.02. The van der Waals surface area contributed by atoms with Crippen LogP contribution in [0.15, 0.2) is 29.2 Å². The summed E-state index contributed by atoms with van der Waals surface area (Å²) in [6, 6.07) is 4.17. The molecule has 0 saturated carbocycles. The van der Waals surface area contributed by atoms with Crippen LogP contribution in [0, 0.1) is 0 Å². The van der Waals surface area contributed by atoms with Crippen LogP contribution in [0.4, 0.5) is 0 Å². The van der Waals surface area contributed by atoms with Gasteiger partial charge in [0, 0.05) is 0 Å². The summed E-state index contributed by atoms with van der Waals surface area (Å²) in [6.45, 7) is 0. The second-order valence-electron chi connectivity index (χ2n) is 3.24. The number of halogens is 1. The lowest BCUT2D eigenvalue weighted by molar-refractivity contribution is -0.135. The Labute approximate surface area is 104 Å². The standard InChI is InChI=1S/C10H10ClNO4S/c11-8-6-7(2-1-3-10(13)14)4-5-9(8)17(12,15)16/h1-2,4-6H,3H2,(H,13,14)(H2,12,15,16). The molecule has 0 radical (unpaired) electrons. The number of benzene rings is 1. The van der Waals surface area contributed by atoms with E-state index in [0.29, 0.717) is 5.56 Å². The zero-order chi connectivity index (χ0) is 13.1. The first-order valence-electron chi connectivity index (χ1n) is 4.51. The second-order valence-corrected chi connectivity index (χ2v) is 5.17. The van der Waals surface area contributed by atoms with Crippen molar-refractivity contribution in [2.45, 2.75) is 11.3 Å². The number of hydrogen-bond acceptors (Lipinski definition) is 3. The minimum atomic E-state index is -3.83. The quantitative estimate of drug-likeness (QED) is 0.869. The summed E-state index contributed by atoms with van der Waals surface area (Å²) in [5.41, 5.74) is 0.601. The summed E-state index contributed by atoms with van der Waals surface area (Å²) < 4.78 is 22.1. The highest BCUT2D eigenvalue weighted by atomic mass is 35.5. The van der Waals surface area contributed by atoms with E-state index in [9.17, 15) is 13.2 Å². The molecule has 0 spiro atoms. The van der Waals surface area contributed by atoms with E-state index in [2.05, 4.69) is 0 Å². The smallest absolute Gasteiger partial charge is 0.307 e. The first-order valence-corrected chi connectivity index (χ1v) is 6.44. The summed E-state index contributed by atoms with van der Waals surface area (Å²) in [6.07, 6.45) is 2.85. The van der Waals surface area contributed by atoms with Crippen molar-refractivity contribution in [3.05, 3.63) is 34.9 Å². The minimum Gasteiger partial charge on any atom is -0.481 e. The Morgan fingerprint density at radius 3 is 2.59 bits per heavy atom. The van der Waals surface area contributed by atoms with Gasteiger partial charge in [0.1, 0.15) is 4.90 Å². The minimum absolute atomic E-state index is 0.00461. The average molecular weight is 276 g/mol. The molecule has 1 aromatic carbocycles. The lowest BCUT2D eigenvalue weighted by Crippen LogP contribution is -2.12. The highest BCUT2D eigenvalue weighted by Gasteiger charge is 2.12. The van der Waals surface area contributed by atoms with Gasteiger partial charge in [-0.1, -0.05) is 29.8 Å². The van der Waals surface area contributed by atoms with Crippen molar-refractivity contribution in [1.29, 1.82) is 0 Å². The van der Waals surface area contributed by atoms with Crippen molar-refractivity contribution in [2.75, 3.05) is 0 Å². The molecule has 0 aliphatic rings. The van der Waals surface area contributed by atoms with Crippen LogP contribution in [0.3, 0.4) is 0 Å². The number of sulfonamides is 1. The number of nitrogens with two attached hydrogens (primary N) is 1. The fourth-order valence-corrected chi connectivity index (χ4v) is 2.25. The fourth-order valence-electron chi connectivity index (χ4n) is 1.15. The van der Waals surface area contributed by atoms with Gasteiger partial charge in [-0.15, -0.1) is 0 Å². The number of rotatable bonds is 4. The van der Waals surface area contributed by atoms with E-state index in [-0.39, 0.29) is 16.3 Å². The van der Waals surface area contributed by atoms with E-state index in [0.717, 1.165) is 0 Å². The summed E-state index contributed by atoms with van der Waals surface area (Å²) in [4.78, 5) is 10.1. The lowest BCUT2D eigenvalue weighted by atomic mass is 10.2. The molecule has 5 nitrogen and oxygen atoms in total. The van der Waals surface area contributed by atoms with E-state index in [1.54, 1.807) is 0 Å². The van der Waals surface area contributed by atoms with Crippen LogP contribution in [0.25, 0.3) is 6.08 Å². The molecule has 0 amide bonds. The third-order valence-electron chi connectivity index (χ3n) is 1.87. The van der Waals surface area contributed by atoms with Gasteiger partial charge < -0.3 is 5.11 Å². The molecule has 1 rings (SSSR count). The summed E-state index contributed by atoms with van der Waals surface area (Å²) in [7, 11) is -3.83. The number of carboxylic acid groups (broad SMARTS) is 1. The molecule has 0 heterocycles. The molecular weight excluding hydrogens is 266 g/mol. The zero-order valence-electron chi connectivity index (χ0n) is 8.63. The molecule has 17 heavy (non-hydrogen) atoms. The molecule has 0 saturated heterocycles. The third-order valence-corrected chi connectivity index (χ3v) is 3.26. The van der Waals surface area contributed by atoms with Gasteiger partial charge in [-0.05, 0) is 17.7 Å². The maximum atomic E-state index is 11.1. The molecule has 0 unspecified atom stereocenters. The van der Waals surface area contributed by atoms with Crippen LogP contribution in [0.5, 0.6) is 0 Å². The molecular formula is C10H10ClNO4S. The van der Waals surface area contributed by atoms with E-state index in [1.165, 1.54) is 30.4 Å². The van der Waals surface area contributed by atoms with Crippen LogP contribution >= 0.6 is 11.6 Å². The number of carboxylic acids is 1. The highest BCUT2D eigenvalue weighted by Crippen LogP contribution is 2.22. The van der Waals surface area contributed by atoms with Crippen LogP contribution in [-0.2, 0) is 14.8 Å². The zero-order valence-corrected chi connectivity index (χ0v) is 10.2. The van der Waals surface area contributed by atoms with Crippen molar-refractivity contribution in [1.82, 2.24) is 0 Å². The first-order chi connectivity index (χ1) is 7.80. The molecule has 0 aliphatic carbocycles. The Morgan fingerprint density at radius 1 is 1.47 bits per heavy atom. The molecule has 0 aliphatic heterocycles. The SMILES string of the molecule is NS(=O)(=O)c1ccc(C=CCC(=O)O)cc1Cl. The number of aliphatic carboxylic acids is 1. The van der Waals surface area contributed by atoms with E-state index in [1.807, 2.05) is 0 Å². The molecule has 3 N–H and O–H groups in total. The van der Waals surface area contributed by atoms with Crippen molar-refractivity contribution < 1.29 is 18.3 Å². The number of primary sulfonamides is 1. The van der Waals surface area contributed by atoms with Crippen LogP contribution in [0.2, 0.25) is 5.02 Å². The third kappa shape index (κ3) is 4.18. The van der Waals surface area contributed by atoms with Crippen molar-refractivity contribution in [3.63, 3.8) is 0 Å². The van der Waals surface area contributed by atoms with Gasteiger partial charge in [0.05, 0.1) is 11.4 Å². The monoisotopic (exact) mass is 275 g/mol. The Bertz CT molecular complexity index is 566. The summed E-state index contributed by atoms with van der Waals surface area (Å²) >= 11 is 5.75. The van der Waals surface area contributed by atoms with E-state index < -0.39 is 16.0 Å². The molecule has 0 atom stereocenters. The maximum absolute atomic E-state index is 11.1. The maximum Gasteiger partial charge on any atom is 0.307 e. The van der Waals surface area contributed by atoms with Crippen molar-refractivity contribution >= 4 is 33.7 Å². The fraction of sp³-hybridized carbons (Fsp3) is 0.100. The Hall–Kier alpha value is -1.37. The van der Waals surface area contributed by atoms with Gasteiger partial charge in [0.2, 0.25) is 10.0 Å². The molecule has 7 heteroatoms. The van der Waals surface area contributed by atoms with Gasteiger partial charge in [-0.25, -0.2) is 13.6 Å². The largest absolute Gasteiger partial charge is 0.481 e. The van der Waals surface area contributed by atoms with Gasteiger partial charge >= 0.3 is 5.97 Å². The predicted octanol–water partition coefficient (Wildman–Crippen LogP) is 1.48. The Balaban J connectivity index is 2.98. The normalized spacial score (nSPS) is 11.9. The molecule has 0 bridgehead atoms. The van der Waals surface area contributed by atoms with Crippen LogP contribution in [-0.4, -0.2) is 19.5 Å². The summed E-state index contributed by atoms with van der Waals surface area (Å²) in [5, 5.41) is 13.4. The molecule has 1 aromatic rings. The van der Waals surface area contributed by atoms with Gasteiger partial charge in [0.25, 0.3) is 0 Å². The topological polar surface area (TPSA) is 97.5 Å². The molecule has 0 fully saturated rings. The van der Waals surface area contributed by atoms with Gasteiger partial charge in [0.15, 0.2) is 0 Å².